The fourth-order valence-electron chi connectivity index (χ4n) is 15.2. The van der Waals surface area contributed by atoms with Gasteiger partial charge in [-0.1, -0.05) is 65.3 Å². The number of rotatable bonds is 8. The van der Waals surface area contributed by atoms with Gasteiger partial charge in [-0.05, 0) is 97.2 Å². The smallest absolute Gasteiger partial charge is 0.310 e. The van der Waals surface area contributed by atoms with Crippen LogP contribution in [0.4, 0.5) is 0 Å². The summed E-state index contributed by atoms with van der Waals surface area (Å²) in [6.45, 7) is 16.5. The van der Waals surface area contributed by atoms with Crippen LogP contribution in [0.1, 0.15) is 99.3 Å². The highest BCUT2D eigenvalue weighted by molar-refractivity contribution is 5.77. The SMILES string of the molecule is C=C1CC[C@]2(C(=O)O)CC[C@]3(C)C(=CC[C@@H]4[C@@]5(C)C[C@H](O)[C@H](O[C@@H]6C[C@H](CO)[C@@H](O)[C@H](O[C@@H]7OC[C@@H](O)[C@@H](O)[C@H]7O)[C@H]6O[C@@H]6OC[C@H](O)[C@H](O)[C@H]6O)C(C)(C)[C@@H]5CC[C@]43C)[C@@H]2[C@H]1C. The number of allylic oxidation sites excluding steroid dienone is 3. The average molecular weight is 895 g/mol. The Bertz CT molecular complexity index is 1760. The quantitative estimate of drug-likeness (QED) is 0.154. The zero-order chi connectivity index (χ0) is 45.9. The van der Waals surface area contributed by atoms with E-state index >= 15 is 0 Å². The number of hydrogen-bond donors (Lipinski definition) is 10. The minimum absolute atomic E-state index is 0.00328. The minimum Gasteiger partial charge on any atom is -0.481 e. The molecule has 8 aliphatic rings. The van der Waals surface area contributed by atoms with Crippen molar-refractivity contribution in [3.63, 3.8) is 0 Å². The van der Waals surface area contributed by atoms with Crippen molar-refractivity contribution >= 4 is 5.97 Å². The number of aliphatic hydroxyl groups is 9. The van der Waals surface area contributed by atoms with E-state index in [0.717, 1.165) is 37.7 Å². The van der Waals surface area contributed by atoms with Crippen LogP contribution in [0.15, 0.2) is 23.8 Å². The Kier molecular flexibility index (Phi) is 12.8. The Morgan fingerprint density at radius 1 is 0.778 bits per heavy atom. The topological polar surface area (TPSA) is 266 Å². The summed E-state index contributed by atoms with van der Waals surface area (Å²) in [6.07, 6.45) is -11.9. The molecule has 2 heterocycles. The highest BCUT2D eigenvalue weighted by atomic mass is 16.7. The van der Waals surface area contributed by atoms with Crippen LogP contribution in [0, 0.1) is 56.7 Å². The van der Waals surface area contributed by atoms with Crippen LogP contribution in [0.5, 0.6) is 0 Å². The van der Waals surface area contributed by atoms with E-state index in [4.69, 9.17) is 23.7 Å². The first-order chi connectivity index (χ1) is 29.5. The summed E-state index contributed by atoms with van der Waals surface area (Å²) in [6, 6.07) is 0. The van der Waals surface area contributed by atoms with E-state index in [1.807, 2.05) is 0 Å². The van der Waals surface area contributed by atoms with Crippen molar-refractivity contribution in [1.82, 2.24) is 0 Å². The largest absolute Gasteiger partial charge is 0.481 e. The van der Waals surface area contributed by atoms with E-state index in [1.165, 1.54) is 5.57 Å². The zero-order valence-corrected chi connectivity index (χ0v) is 37.7. The standard InChI is InChI=1S/C47H74O16/c1-21-10-13-47(42(57)58)15-14-45(6)24(31(47)22(21)2)8-9-30-44(5)17-25(49)39(43(3,4)29(44)11-12-46(30,45)7)61-28-16-23(18-48)32(52)38(63-41-36(56)34(54)27(51)20-60-41)37(28)62-40-35(55)33(53)26(50)19-59-40/h8,22-23,25-41,48-56H,1,9-20H2,2-7H3,(H,57,58)/t22-,23+,25-,26-,27+,28+,29-,30+,31-,32+,33-,34+,35+,36+,37-,38-,39-,40-,41-,44-,45+,46+,47-/m0/s1. The van der Waals surface area contributed by atoms with Gasteiger partial charge in [0, 0.05) is 18.4 Å². The van der Waals surface area contributed by atoms with Gasteiger partial charge in [-0.25, -0.2) is 0 Å². The van der Waals surface area contributed by atoms with E-state index < -0.39 is 122 Å². The highest BCUT2D eigenvalue weighted by Crippen LogP contribution is 2.76. The molecule has 0 radical (unpaired) electrons. The summed E-state index contributed by atoms with van der Waals surface area (Å²) in [7, 11) is 0. The Hall–Kier alpha value is -1.61. The van der Waals surface area contributed by atoms with E-state index in [1.54, 1.807) is 0 Å². The van der Waals surface area contributed by atoms with E-state index in [-0.39, 0.29) is 52.9 Å². The second kappa shape index (κ2) is 16.9. The minimum atomic E-state index is -1.75. The summed E-state index contributed by atoms with van der Waals surface area (Å²) in [5.74, 6) is -1.43. The molecule has 16 heteroatoms. The van der Waals surface area contributed by atoms with Crippen molar-refractivity contribution < 1.29 is 79.5 Å². The van der Waals surface area contributed by atoms with Crippen LogP contribution in [0.25, 0.3) is 0 Å². The highest BCUT2D eigenvalue weighted by Gasteiger charge is 2.71. The maximum absolute atomic E-state index is 13.2. The molecule has 2 aliphatic heterocycles. The van der Waals surface area contributed by atoms with E-state index in [9.17, 15) is 55.9 Å². The molecule has 23 atom stereocenters. The normalized spacial score (nSPS) is 54.5. The Morgan fingerprint density at radius 3 is 1.97 bits per heavy atom. The third kappa shape index (κ3) is 7.26. The van der Waals surface area contributed by atoms with E-state index in [0.29, 0.717) is 19.3 Å². The van der Waals surface area contributed by atoms with Crippen LogP contribution in [-0.2, 0) is 28.5 Å². The molecule has 0 amide bonds. The van der Waals surface area contributed by atoms with Gasteiger partial charge in [0.25, 0.3) is 0 Å². The lowest BCUT2D eigenvalue weighted by molar-refractivity contribution is -0.352. The number of aliphatic hydroxyl groups excluding tert-OH is 9. The predicted octanol–water partition coefficient (Wildman–Crippen LogP) is 1.39. The van der Waals surface area contributed by atoms with Gasteiger partial charge in [0.2, 0.25) is 0 Å². The zero-order valence-electron chi connectivity index (χ0n) is 37.7. The Morgan fingerprint density at radius 2 is 1.38 bits per heavy atom. The molecular formula is C47H74O16. The van der Waals surface area contributed by atoms with Gasteiger partial charge in [0.05, 0.1) is 43.0 Å². The molecule has 0 spiro atoms. The fourth-order valence-corrected chi connectivity index (χ4v) is 15.2. The van der Waals surface area contributed by atoms with E-state index in [2.05, 4.69) is 54.2 Å². The van der Waals surface area contributed by atoms with Gasteiger partial charge in [-0.2, -0.15) is 0 Å². The Balaban J connectivity index is 1.10. The fraction of sp³-hybridized carbons (Fsp3) is 0.894. The molecule has 16 nitrogen and oxygen atoms in total. The van der Waals surface area contributed by atoms with Crippen molar-refractivity contribution in [2.75, 3.05) is 19.8 Å². The first kappa shape index (κ1) is 47.9. The summed E-state index contributed by atoms with van der Waals surface area (Å²) in [4.78, 5) is 13.2. The number of carbonyl (C=O) groups is 1. The Labute approximate surface area is 370 Å². The summed E-state index contributed by atoms with van der Waals surface area (Å²) in [5, 5.41) is 109. The monoisotopic (exact) mass is 894 g/mol. The van der Waals surface area contributed by atoms with Crippen LogP contribution in [0.3, 0.4) is 0 Å². The number of fused-ring (bicyclic) bond motifs is 7. The molecule has 63 heavy (non-hydrogen) atoms. The molecule has 6 aliphatic carbocycles. The lowest BCUT2D eigenvalue weighted by Crippen LogP contribution is -2.68. The van der Waals surface area contributed by atoms with Gasteiger partial charge >= 0.3 is 5.97 Å². The van der Waals surface area contributed by atoms with Crippen molar-refractivity contribution in [3.05, 3.63) is 23.8 Å². The molecule has 7 fully saturated rings. The molecule has 0 aromatic heterocycles. The molecule has 358 valence electrons. The third-order valence-corrected chi connectivity index (χ3v) is 19.0. The van der Waals surface area contributed by atoms with Gasteiger partial charge in [-0.15, -0.1) is 0 Å². The molecule has 10 N–H and O–H groups in total. The average Bonchev–Trinajstić information content (AvgIpc) is 3.22. The number of carboxylic acid groups (broad SMARTS) is 1. The summed E-state index contributed by atoms with van der Waals surface area (Å²) >= 11 is 0. The first-order valence-corrected chi connectivity index (χ1v) is 23.3. The van der Waals surface area contributed by atoms with Crippen molar-refractivity contribution in [1.29, 1.82) is 0 Å². The van der Waals surface area contributed by atoms with Crippen LogP contribution in [0.2, 0.25) is 0 Å². The molecule has 2 saturated heterocycles. The number of carboxylic acids is 1. The van der Waals surface area contributed by atoms with Crippen LogP contribution >= 0.6 is 0 Å². The van der Waals surface area contributed by atoms with Crippen molar-refractivity contribution in [2.45, 2.75) is 185 Å². The molecule has 0 unspecified atom stereocenters. The number of aliphatic carboxylic acids is 1. The van der Waals surface area contributed by atoms with Gasteiger partial charge < -0.3 is 74.7 Å². The number of hydrogen-bond acceptors (Lipinski definition) is 15. The van der Waals surface area contributed by atoms with Gasteiger partial charge in [-0.3, -0.25) is 4.79 Å². The van der Waals surface area contributed by atoms with Gasteiger partial charge in [0.15, 0.2) is 12.6 Å². The maximum Gasteiger partial charge on any atom is 0.310 e. The molecular weight excluding hydrogens is 821 g/mol. The van der Waals surface area contributed by atoms with Crippen LogP contribution in [-0.4, -0.2) is 163 Å². The van der Waals surface area contributed by atoms with Gasteiger partial charge in [0.1, 0.15) is 48.8 Å². The predicted molar refractivity (Wildman–Crippen MR) is 223 cm³/mol. The third-order valence-electron chi connectivity index (χ3n) is 19.0. The lowest BCUT2D eigenvalue weighted by Gasteiger charge is -2.71. The lowest BCUT2D eigenvalue weighted by atomic mass is 9.33. The second-order valence-corrected chi connectivity index (χ2v) is 22.2. The second-order valence-electron chi connectivity index (χ2n) is 22.2. The summed E-state index contributed by atoms with van der Waals surface area (Å²) in [5.41, 5.74) is 0.0919. The molecule has 5 saturated carbocycles. The number of ether oxygens (including phenoxy) is 5. The van der Waals surface area contributed by atoms with Crippen molar-refractivity contribution in [3.8, 4) is 0 Å². The summed E-state index contributed by atoms with van der Waals surface area (Å²) < 4.78 is 30.8. The first-order valence-electron chi connectivity index (χ1n) is 23.3. The maximum atomic E-state index is 13.2. The molecule has 0 bridgehead atoms. The van der Waals surface area contributed by atoms with Crippen LogP contribution < -0.4 is 0 Å². The molecule has 8 rings (SSSR count). The molecule has 0 aromatic rings. The van der Waals surface area contributed by atoms with Crippen molar-refractivity contribution in [2.24, 2.45) is 56.7 Å². The molecule has 0 aromatic carbocycles.